The first-order valence-corrected chi connectivity index (χ1v) is 10.4. The number of hydrogen-bond acceptors (Lipinski definition) is 4. The highest BCUT2D eigenvalue weighted by molar-refractivity contribution is 5.96. The van der Waals surface area contributed by atoms with E-state index >= 15 is 0 Å². The molecule has 0 radical (unpaired) electrons. The van der Waals surface area contributed by atoms with Crippen LogP contribution in [-0.2, 0) is 14.3 Å². The number of rotatable bonds is 8. The number of ether oxygens (including phenoxy) is 2. The van der Waals surface area contributed by atoms with Crippen molar-refractivity contribution in [2.75, 3.05) is 13.2 Å². The maximum Gasteiger partial charge on any atom is 0.177 e. The molecule has 0 aromatic heterocycles. The first-order valence-electron chi connectivity index (χ1n) is 10.4. The highest BCUT2D eigenvalue weighted by Crippen LogP contribution is 2.34. The lowest BCUT2D eigenvalue weighted by molar-refractivity contribution is -0.153. The Labute approximate surface area is 176 Å². The van der Waals surface area contributed by atoms with Gasteiger partial charge >= 0.3 is 0 Å². The van der Waals surface area contributed by atoms with Crippen molar-refractivity contribution in [1.29, 1.82) is 0 Å². The molecule has 4 heteroatoms. The highest BCUT2D eigenvalue weighted by Gasteiger charge is 2.36. The van der Waals surface area contributed by atoms with E-state index in [0.29, 0.717) is 13.0 Å². The molecule has 4 nitrogen and oxygen atoms in total. The fourth-order valence-electron chi connectivity index (χ4n) is 3.12. The molecule has 0 saturated carbocycles. The van der Waals surface area contributed by atoms with Gasteiger partial charge in [-0.3, -0.25) is 4.79 Å². The van der Waals surface area contributed by atoms with E-state index < -0.39 is 6.29 Å². The van der Waals surface area contributed by atoms with Crippen LogP contribution in [-0.4, -0.2) is 36.5 Å². The van der Waals surface area contributed by atoms with Gasteiger partial charge in [-0.15, -0.1) is 13.2 Å². The summed E-state index contributed by atoms with van der Waals surface area (Å²) in [6.07, 6.45) is 8.69. The minimum Gasteiger partial charge on any atom is -0.392 e. The first kappa shape index (κ1) is 25.3. The maximum absolute atomic E-state index is 11.8. The summed E-state index contributed by atoms with van der Waals surface area (Å²) < 4.78 is 11.5. The number of aliphatic hydroxyl groups excluding tert-OH is 1. The largest absolute Gasteiger partial charge is 0.392 e. The molecule has 0 spiro atoms. The number of ketones is 1. The van der Waals surface area contributed by atoms with Crippen molar-refractivity contribution in [3.05, 3.63) is 59.3 Å². The maximum atomic E-state index is 11.8. The van der Waals surface area contributed by atoms with Crippen molar-refractivity contribution in [3.8, 4) is 0 Å². The zero-order valence-corrected chi connectivity index (χ0v) is 18.8. The predicted molar refractivity (Wildman–Crippen MR) is 120 cm³/mol. The van der Waals surface area contributed by atoms with Crippen molar-refractivity contribution in [1.82, 2.24) is 0 Å². The lowest BCUT2D eigenvalue weighted by atomic mass is 9.80. The molecule has 29 heavy (non-hydrogen) atoms. The Kier molecular flexibility index (Phi) is 11.1. The van der Waals surface area contributed by atoms with E-state index in [-0.39, 0.29) is 24.4 Å². The summed E-state index contributed by atoms with van der Waals surface area (Å²) in [7, 11) is 0. The summed E-state index contributed by atoms with van der Waals surface area (Å²) in [6.45, 7) is 18.2. The van der Waals surface area contributed by atoms with Crippen LogP contribution in [0.3, 0.4) is 0 Å². The van der Waals surface area contributed by atoms with Gasteiger partial charge in [-0.05, 0) is 77.2 Å². The molecule has 2 aliphatic rings. The van der Waals surface area contributed by atoms with Gasteiger partial charge in [-0.1, -0.05) is 22.8 Å². The summed E-state index contributed by atoms with van der Waals surface area (Å²) in [6, 6.07) is 0. The van der Waals surface area contributed by atoms with Gasteiger partial charge in [-0.25, -0.2) is 0 Å². The number of allylic oxidation sites excluding steroid dienone is 4. The van der Waals surface area contributed by atoms with Crippen LogP contribution in [0.5, 0.6) is 0 Å². The van der Waals surface area contributed by atoms with Gasteiger partial charge in [0.25, 0.3) is 0 Å². The Morgan fingerprint density at radius 2 is 1.86 bits per heavy atom. The lowest BCUT2D eigenvalue weighted by Gasteiger charge is -2.36. The van der Waals surface area contributed by atoms with E-state index in [0.717, 1.165) is 36.0 Å². The third-order valence-corrected chi connectivity index (χ3v) is 4.89. The summed E-state index contributed by atoms with van der Waals surface area (Å²) in [5, 5.41) is 9.49. The molecule has 1 heterocycles. The smallest absolute Gasteiger partial charge is 0.177 e. The van der Waals surface area contributed by atoms with Crippen LogP contribution < -0.4 is 0 Å². The Balaban J connectivity index is 0.000000396. The monoisotopic (exact) mass is 402 g/mol. The van der Waals surface area contributed by atoms with E-state index in [1.165, 1.54) is 11.1 Å². The van der Waals surface area contributed by atoms with Gasteiger partial charge in [0.15, 0.2) is 12.1 Å². The fourth-order valence-corrected chi connectivity index (χ4v) is 3.12. The average molecular weight is 403 g/mol. The van der Waals surface area contributed by atoms with Crippen LogP contribution in [0, 0.1) is 5.92 Å². The predicted octanol–water partition coefficient (Wildman–Crippen LogP) is 5.46. The van der Waals surface area contributed by atoms with E-state index in [2.05, 4.69) is 40.0 Å². The molecule has 162 valence electrons. The topological polar surface area (TPSA) is 55.8 Å². The number of aliphatic hydroxyl groups is 1. The Bertz CT molecular complexity index is 677. The molecular formula is C25H38O4. The number of carbonyl (C=O) groups excluding carboxylic acids is 1. The quantitative estimate of drug-likeness (QED) is 0.548. The second-order valence-electron chi connectivity index (χ2n) is 8.31. The van der Waals surface area contributed by atoms with Crippen LogP contribution in [0.15, 0.2) is 59.3 Å². The third kappa shape index (κ3) is 9.53. The first-order chi connectivity index (χ1) is 13.6. The van der Waals surface area contributed by atoms with Crippen LogP contribution in [0.4, 0.5) is 0 Å². The molecule has 0 fully saturated rings. The molecule has 0 amide bonds. The molecule has 0 bridgehead atoms. The SMILES string of the molecule is C=C(C)CCC=C(C)C.C=C(C)CCOC1C=C(CO)C2CC(=O)C(C)=CC2O1. The molecule has 0 aromatic carbocycles. The van der Waals surface area contributed by atoms with E-state index in [9.17, 15) is 9.90 Å². The molecule has 1 aliphatic carbocycles. The van der Waals surface area contributed by atoms with Crippen LogP contribution >= 0.6 is 0 Å². The zero-order valence-electron chi connectivity index (χ0n) is 18.8. The molecule has 0 aromatic rings. The van der Waals surface area contributed by atoms with E-state index in [4.69, 9.17) is 9.47 Å². The molecular weight excluding hydrogens is 364 g/mol. The van der Waals surface area contributed by atoms with Gasteiger partial charge in [-0.2, -0.15) is 0 Å². The zero-order chi connectivity index (χ0) is 22.0. The number of fused-ring (bicyclic) bond motifs is 1. The number of Topliss-reactive ketones (excluding diaryl/α,β-unsaturated/α-hetero) is 1. The van der Waals surface area contributed by atoms with Gasteiger partial charge in [0.2, 0.25) is 0 Å². The molecule has 2 rings (SSSR count). The van der Waals surface area contributed by atoms with E-state index in [1.807, 2.05) is 13.0 Å². The average Bonchev–Trinajstić information content (AvgIpc) is 2.62. The van der Waals surface area contributed by atoms with E-state index in [1.54, 1.807) is 13.0 Å². The Morgan fingerprint density at radius 1 is 1.21 bits per heavy atom. The molecule has 0 saturated heterocycles. The van der Waals surface area contributed by atoms with Crippen molar-refractivity contribution >= 4 is 5.78 Å². The van der Waals surface area contributed by atoms with Crippen LogP contribution in [0.1, 0.15) is 60.3 Å². The minimum atomic E-state index is -0.463. The summed E-state index contributed by atoms with van der Waals surface area (Å²) in [5.74, 6) is 0.0630. The summed E-state index contributed by atoms with van der Waals surface area (Å²) in [5.41, 5.74) is 5.29. The second kappa shape index (κ2) is 12.7. The Hall–Kier alpha value is -1.75. The van der Waals surface area contributed by atoms with Crippen molar-refractivity contribution in [3.63, 3.8) is 0 Å². The standard InChI is InChI=1S/C16H22O4.C9H16/c1-10(2)4-5-19-16-7-12(9-17)13-8-14(18)11(3)6-15(13)20-16;1-8(2)6-5-7-9(3)4/h6-7,13,15-17H,1,4-5,8-9H2,2-3H3;7H,1,5-6H2,2-4H3. The Morgan fingerprint density at radius 3 is 2.41 bits per heavy atom. The summed E-state index contributed by atoms with van der Waals surface area (Å²) in [4.78, 5) is 11.8. The second-order valence-corrected chi connectivity index (χ2v) is 8.31. The molecule has 1 N–H and O–H groups in total. The van der Waals surface area contributed by atoms with Gasteiger partial charge < -0.3 is 14.6 Å². The number of hydrogen-bond donors (Lipinski definition) is 1. The summed E-state index contributed by atoms with van der Waals surface area (Å²) >= 11 is 0. The molecule has 3 atom stereocenters. The lowest BCUT2D eigenvalue weighted by Crippen LogP contribution is -2.39. The highest BCUT2D eigenvalue weighted by atomic mass is 16.7. The number of carbonyl (C=O) groups is 1. The van der Waals surface area contributed by atoms with Crippen molar-refractivity contribution in [2.45, 2.75) is 72.7 Å². The molecule has 3 unspecified atom stereocenters. The van der Waals surface area contributed by atoms with Crippen LogP contribution in [0.2, 0.25) is 0 Å². The third-order valence-electron chi connectivity index (χ3n) is 4.89. The van der Waals surface area contributed by atoms with Crippen LogP contribution in [0.25, 0.3) is 0 Å². The normalized spacial score (nSPS) is 23.1. The fraction of sp³-hybridized carbons (Fsp3) is 0.560. The molecule has 1 aliphatic heterocycles. The van der Waals surface area contributed by atoms with Crippen molar-refractivity contribution in [2.24, 2.45) is 5.92 Å². The van der Waals surface area contributed by atoms with Gasteiger partial charge in [0, 0.05) is 12.3 Å². The van der Waals surface area contributed by atoms with Crippen molar-refractivity contribution < 1.29 is 19.4 Å². The van der Waals surface area contributed by atoms with Gasteiger partial charge in [0.05, 0.1) is 19.3 Å². The minimum absolute atomic E-state index is 0.0582. The van der Waals surface area contributed by atoms with Gasteiger partial charge in [0.1, 0.15) is 0 Å².